The third-order valence-corrected chi connectivity index (χ3v) is 7.65. The Morgan fingerprint density at radius 1 is 0.977 bits per heavy atom. The molecule has 21 heteroatoms. The molecule has 9 N–H and O–H groups in total. The van der Waals surface area contributed by atoms with Crippen molar-refractivity contribution >= 4 is 94.6 Å². The summed E-state index contributed by atoms with van der Waals surface area (Å²) in [4.78, 5) is 25.4. The fourth-order valence-corrected chi connectivity index (χ4v) is 4.60. The molecule has 16 nitrogen and oxygen atoms in total. The van der Waals surface area contributed by atoms with Gasteiger partial charge in [-0.3, -0.25) is 10.1 Å². The van der Waals surface area contributed by atoms with Crippen molar-refractivity contribution in [3.05, 3.63) is 53.4 Å². The molecule has 0 atom stereocenters. The highest BCUT2D eigenvalue weighted by Gasteiger charge is 2.17. The number of aromatic nitrogens is 1. The number of carbonyl (C=O) groups is 2. The van der Waals surface area contributed by atoms with Crippen LogP contribution in [0, 0.1) is 11.5 Å². The van der Waals surface area contributed by atoms with Crippen LogP contribution in [0.5, 0.6) is 0 Å². The van der Waals surface area contributed by atoms with Crippen LogP contribution >= 0.6 is 35.2 Å². The number of hydrogen-bond acceptors (Lipinski definition) is 14. The third-order valence-electron chi connectivity index (χ3n) is 4.41. The number of nitrogens with one attached hydrogen (secondary N) is 3. The minimum absolute atomic E-state index is 0.00181. The minimum atomic E-state index is -3.73. The zero-order valence-corrected chi connectivity index (χ0v) is 26.3. The van der Waals surface area contributed by atoms with E-state index in [9.17, 15) is 26.4 Å². The lowest BCUT2D eigenvalue weighted by Crippen LogP contribution is -2.23. The summed E-state index contributed by atoms with van der Waals surface area (Å²) in [5.74, 6) is -0.953. The van der Waals surface area contributed by atoms with Crippen molar-refractivity contribution in [2.75, 3.05) is 36.5 Å². The number of nitrogens with zero attached hydrogens (tertiary/aromatic N) is 2. The van der Waals surface area contributed by atoms with Gasteiger partial charge in [-0.15, -0.1) is 11.6 Å². The van der Waals surface area contributed by atoms with Crippen molar-refractivity contribution in [3.8, 4) is 6.19 Å². The molecule has 0 aliphatic heterocycles. The summed E-state index contributed by atoms with van der Waals surface area (Å²) < 4.78 is 52.9. The Morgan fingerprint density at radius 3 is 1.84 bits per heavy atom. The van der Waals surface area contributed by atoms with Gasteiger partial charge >= 0.3 is 11.9 Å². The summed E-state index contributed by atoms with van der Waals surface area (Å²) in [6, 6.07) is 11.4. The summed E-state index contributed by atoms with van der Waals surface area (Å²) in [6.07, 6.45) is 1.65. The molecule has 0 radical (unpaired) electrons. The smallest absolute Gasteiger partial charge is 0.351 e. The number of methoxy groups -OCH3 is 2. The molecule has 0 aliphatic rings. The number of esters is 2. The van der Waals surface area contributed by atoms with Crippen molar-refractivity contribution in [1.82, 2.24) is 10.3 Å². The normalized spacial score (nSPS) is 10.3. The molecule has 0 amide bonds. The van der Waals surface area contributed by atoms with E-state index in [0.717, 1.165) is 11.3 Å². The Bertz CT molecular complexity index is 1670. The molecule has 3 aromatic rings. The Labute approximate surface area is 261 Å². The zero-order chi connectivity index (χ0) is 32.8. The fraction of sp³-hybridized carbons (Fsp3) is 0.136. The number of hydrogen-bond donors (Lipinski definition) is 6. The maximum Gasteiger partial charge on any atom is 0.351 e. The van der Waals surface area contributed by atoms with Crippen LogP contribution in [0.1, 0.15) is 9.67 Å². The molecule has 1 aromatic heterocycles. The van der Waals surface area contributed by atoms with Crippen LogP contribution in [0.2, 0.25) is 0 Å². The van der Waals surface area contributed by atoms with E-state index in [0.29, 0.717) is 16.5 Å². The Morgan fingerprint density at radius 2 is 1.47 bits per heavy atom. The highest BCUT2D eigenvalue weighted by Crippen LogP contribution is 2.28. The number of nitriles is 1. The van der Waals surface area contributed by atoms with Gasteiger partial charge in [0.2, 0.25) is 20.0 Å². The molecule has 2 aromatic carbocycles. The second-order valence-corrected chi connectivity index (χ2v) is 12.2. The van der Waals surface area contributed by atoms with Gasteiger partial charge in [0.15, 0.2) is 27.1 Å². The number of alkyl halides is 1. The van der Waals surface area contributed by atoms with Gasteiger partial charge in [-0.05, 0) is 60.7 Å². The number of thiazole rings is 1. The van der Waals surface area contributed by atoms with Gasteiger partial charge in [0, 0.05) is 11.4 Å². The molecule has 0 aliphatic carbocycles. The maximum absolute atomic E-state index is 11.4. The van der Waals surface area contributed by atoms with Crippen LogP contribution < -0.4 is 32.0 Å². The van der Waals surface area contributed by atoms with Gasteiger partial charge in [0.25, 0.3) is 0 Å². The van der Waals surface area contributed by atoms with Gasteiger partial charge < -0.3 is 25.8 Å². The quantitative estimate of drug-likeness (QED) is 0.0671. The third kappa shape index (κ3) is 13.2. The number of benzene rings is 2. The van der Waals surface area contributed by atoms with E-state index in [1.807, 2.05) is 0 Å². The Hall–Kier alpha value is -4.10. The number of anilines is 4. The van der Waals surface area contributed by atoms with Crippen LogP contribution in [0.4, 0.5) is 22.3 Å². The second-order valence-electron chi connectivity index (χ2n) is 7.39. The molecule has 0 bridgehead atoms. The number of rotatable bonds is 7. The van der Waals surface area contributed by atoms with Crippen LogP contribution in [0.3, 0.4) is 0 Å². The zero-order valence-electron chi connectivity index (χ0n) is 22.2. The van der Waals surface area contributed by atoms with Gasteiger partial charge in [0.1, 0.15) is 5.88 Å². The van der Waals surface area contributed by atoms with E-state index in [-0.39, 0.29) is 31.5 Å². The Kier molecular flexibility index (Phi) is 14.7. The number of thiocarbonyl (C=S) groups is 1. The lowest BCUT2D eigenvalue weighted by atomic mass is 10.3. The van der Waals surface area contributed by atoms with E-state index in [1.54, 1.807) is 6.19 Å². The summed E-state index contributed by atoms with van der Waals surface area (Å²) in [6.45, 7) is 0. The molecule has 1 heterocycles. The van der Waals surface area contributed by atoms with Crippen LogP contribution in [-0.2, 0) is 34.3 Å². The van der Waals surface area contributed by atoms with E-state index in [2.05, 4.69) is 30.4 Å². The molecular weight excluding hydrogens is 668 g/mol. The largest absolute Gasteiger partial charge is 0.468 e. The SMILES string of the molecule is COC(=O)CCl.COC(=O)c1sc(Nc2ccc(S(N)(=O)=O)cc2)nc1N.N#CNC(=S)Nc1ccc(S(N)(=O)=O)cc1. The number of halogens is 1. The number of nitrogens with two attached hydrogens (primary N) is 3. The topological polar surface area (TPSA) is 272 Å². The predicted molar refractivity (Wildman–Crippen MR) is 164 cm³/mol. The number of ether oxygens (including phenoxy) is 2. The molecule has 43 heavy (non-hydrogen) atoms. The lowest BCUT2D eigenvalue weighted by Gasteiger charge is -2.05. The molecule has 0 unspecified atom stereocenters. The number of carbonyl (C=O) groups excluding carboxylic acids is 2. The van der Waals surface area contributed by atoms with Crippen molar-refractivity contribution in [1.29, 1.82) is 5.26 Å². The summed E-state index contributed by atoms with van der Waals surface area (Å²) in [5, 5.41) is 26.5. The first-order valence-electron chi connectivity index (χ1n) is 11.0. The van der Waals surface area contributed by atoms with Gasteiger partial charge in [-0.25, -0.2) is 36.9 Å². The monoisotopic (exact) mass is 692 g/mol. The van der Waals surface area contributed by atoms with Gasteiger partial charge in [-0.2, -0.15) is 5.26 Å². The van der Waals surface area contributed by atoms with E-state index < -0.39 is 32.0 Å². The molecule has 232 valence electrons. The fourth-order valence-electron chi connectivity index (χ4n) is 2.47. The summed E-state index contributed by atoms with van der Waals surface area (Å²) in [5.41, 5.74) is 6.75. The van der Waals surface area contributed by atoms with Gasteiger partial charge in [-0.1, -0.05) is 11.3 Å². The molecule has 0 spiro atoms. The molecule has 0 saturated carbocycles. The number of sulfonamides is 2. The number of primary sulfonamides is 2. The van der Waals surface area contributed by atoms with Crippen molar-refractivity contribution in [2.45, 2.75) is 9.79 Å². The second kappa shape index (κ2) is 17.1. The van der Waals surface area contributed by atoms with Crippen molar-refractivity contribution in [3.63, 3.8) is 0 Å². The van der Waals surface area contributed by atoms with Crippen LogP contribution in [0.25, 0.3) is 0 Å². The van der Waals surface area contributed by atoms with E-state index in [1.165, 1.54) is 62.8 Å². The standard InChI is InChI=1S/C11H12N4O4S2.C8H8N4O2S2.C3H5ClO2/c1-19-10(16)8-9(12)15-11(20-8)14-6-2-4-7(5-3-6)21(13,17)18;9-5-11-8(15)12-6-1-3-7(4-2-6)16(10,13)14;1-6-3(5)2-4/h2-5H,12H2,1H3,(H,14,15)(H2,13,17,18);1-4H,(H2,10,13,14)(H2,11,12,15);2H2,1H3. The Balaban J connectivity index is 0.000000371. The summed E-state index contributed by atoms with van der Waals surface area (Å²) in [7, 11) is -4.87. The average molecular weight is 693 g/mol. The van der Waals surface area contributed by atoms with Crippen molar-refractivity contribution in [2.24, 2.45) is 10.3 Å². The number of nitrogen functional groups attached to an aromatic ring is 1. The molecule has 3 rings (SSSR count). The highest BCUT2D eigenvalue weighted by atomic mass is 35.5. The van der Waals surface area contributed by atoms with Crippen LogP contribution in [-0.4, -0.2) is 59.0 Å². The highest BCUT2D eigenvalue weighted by molar-refractivity contribution is 7.89. The van der Waals surface area contributed by atoms with Gasteiger partial charge in [0.05, 0.1) is 24.0 Å². The first kappa shape index (κ1) is 36.9. The van der Waals surface area contributed by atoms with Crippen LogP contribution in [0.15, 0.2) is 58.3 Å². The van der Waals surface area contributed by atoms with Crippen molar-refractivity contribution < 1.29 is 35.9 Å². The first-order valence-corrected chi connectivity index (χ1v) is 15.9. The molecule has 0 fully saturated rings. The predicted octanol–water partition coefficient (Wildman–Crippen LogP) is 1.40. The molecule has 0 saturated heterocycles. The van der Waals surface area contributed by atoms with E-state index in [4.69, 9.17) is 45.1 Å². The lowest BCUT2D eigenvalue weighted by molar-refractivity contribution is -0.137. The minimum Gasteiger partial charge on any atom is -0.468 e. The first-order chi connectivity index (χ1) is 20.0. The average Bonchev–Trinajstić information content (AvgIpc) is 3.32. The maximum atomic E-state index is 11.4. The summed E-state index contributed by atoms with van der Waals surface area (Å²) >= 11 is 10.8. The molecular formula is C22H25ClN8O8S4. The van der Waals surface area contributed by atoms with E-state index >= 15 is 0 Å².